The zero-order chi connectivity index (χ0) is 26.6. The molecule has 0 spiro atoms. The highest BCUT2D eigenvalue weighted by Crippen LogP contribution is 2.48. The second kappa shape index (κ2) is 9.36. The summed E-state index contributed by atoms with van der Waals surface area (Å²) in [6.07, 6.45) is 4.87. The molecular weight excluding hydrogens is 548 g/mol. The van der Waals surface area contributed by atoms with Crippen molar-refractivity contribution in [1.29, 1.82) is 0 Å². The van der Waals surface area contributed by atoms with Crippen LogP contribution >= 0.6 is 15.9 Å². The van der Waals surface area contributed by atoms with Gasteiger partial charge < -0.3 is 9.64 Å². The van der Waals surface area contributed by atoms with Crippen molar-refractivity contribution in [3.8, 4) is 0 Å². The summed E-state index contributed by atoms with van der Waals surface area (Å²) in [6.45, 7) is 1.93. The summed E-state index contributed by atoms with van der Waals surface area (Å²) in [5.41, 5.74) is 1.23. The summed E-state index contributed by atoms with van der Waals surface area (Å²) in [7, 11) is 0. The molecule has 2 saturated heterocycles. The Bertz CT molecular complexity index is 1560. The number of ether oxygens (including phenoxy) is 1. The van der Waals surface area contributed by atoms with Gasteiger partial charge in [-0.25, -0.2) is 9.69 Å². The molecule has 190 valence electrons. The molecular formula is C30H23BrN2O5. The molecule has 7 nitrogen and oxygen atoms in total. The Morgan fingerprint density at radius 2 is 1.63 bits per heavy atom. The lowest BCUT2D eigenvalue weighted by atomic mass is 9.86. The van der Waals surface area contributed by atoms with E-state index in [2.05, 4.69) is 15.9 Å². The van der Waals surface area contributed by atoms with Gasteiger partial charge >= 0.3 is 5.97 Å². The number of halogens is 1. The van der Waals surface area contributed by atoms with Crippen LogP contribution in [0.5, 0.6) is 0 Å². The lowest BCUT2D eigenvalue weighted by molar-refractivity contribution is -0.138. The van der Waals surface area contributed by atoms with E-state index in [1.54, 1.807) is 60.5 Å². The van der Waals surface area contributed by atoms with Crippen molar-refractivity contribution in [2.24, 2.45) is 11.8 Å². The van der Waals surface area contributed by atoms with E-state index in [0.29, 0.717) is 16.8 Å². The monoisotopic (exact) mass is 570 g/mol. The van der Waals surface area contributed by atoms with Crippen LogP contribution in [-0.4, -0.2) is 47.2 Å². The Balaban J connectivity index is 1.47. The number of Topliss-reactive ketones (excluding diaryl/α,β-unsaturated/α-hetero) is 1. The van der Waals surface area contributed by atoms with Crippen LogP contribution in [0.15, 0.2) is 95.1 Å². The molecule has 6 rings (SSSR count). The largest absolute Gasteiger partial charge is 0.462 e. The van der Waals surface area contributed by atoms with Crippen LogP contribution in [0, 0.1) is 11.8 Å². The summed E-state index contributed by atoms with van der Waals surface area (Å²) in [5.74, 6) is -3.31. The van der Waals surface area contributed by atoms with Crippen molar-refractivity contribution < 1.29 is 23.9 Å². The molecule has 0 N–H and O–H groups in total. The van der Waals surface area contributed by atoms with Gasteiger partial charge in [0.2, 0.25) is 11.8 Å². The number of amides is 2. The fourth-order valence-electron chi connectivity index (χ4n) is 5.82. The molecule has 0 aliphatic carbocycles. The third-order valence-corrected chi connectivity index (χ3v) is 7.99. The minimum absolute atomic E-state index is 0.210. The highest BCUT2D eigenvalue weighted by atomic mass is 79.9. The molecule has 0 saturated carbocycles. The number of ketones is 1. The van der Waals surface area contributed by atoms with E-state index < -0.39 is 35.8 Å². The van der Waals surface area contributed by atoms with Crippen molar-refractivity contribution in [3.63, 3.8) is 0 Å². The zero-order valence-electron chi connectivity index (χ0n) is 20.4. The van der Waals surface area contributed by atoms with E-state index in [0.717, 1.165) is 15.2 Å². The van der Waals surface area contributed by atoms with Crippen LogP contribution in [0.1, 0.15) is 17.3 Å². The molecule has 3 aliphatic heterocycles. The molecule has 2 fully saturated rings. The number of rotatable bonds is 5. The van der Waals surface area contributed by atoms with Gasteiger partial charge in [-0.15, -0.1) is 0 Å². The van der Waals surface area contributed by atoms with Gasteiger partial charge in [-0.05, 0) is 42.7 Å². The van der Waals surface area contributed by atoms with Crippen LogP contribution in [0.4, 0.5) is 5.69 Å². The molecule has 0 unspecified atom stereocenters. The van der Waals surface area contributed by atoms with Gasteiger partial charge in [0.15, 0.2) is 5.78 Å². The van der Waals surface area contributed by atoms with Crippen molar-refractivity contribution in [1.82, 2.24) is 4.90 Å². The number of anilines is 1. The molecule has 3 aromatic carbocycles. The summed E-state index contributed by atoms with van der Waals surface area (Å²) in [6, 6.07) is 18.4. The topological polar surface area (TPSA) is 84.0 Å². The van der Waals surface area contributed by atoms with E-state index in [1.807, 2.05) is 36.4 Å². The third kappa shape index (κ3) is 3.70. The Labute approximate surface area is 227 Å². The van der Waals surface area contributed by atoms with E-state index in [4.69, 9.17) is 4.74 Å². The molecule has 3 heterocycles. The maximum Gasteiger partial charge on any atom is 0.337 e. The predicted octanol–water partition coefficient (Wildman–Crippen LogP) is 4.66. The Kier molecular flexibility index (Phi) is 5.99. The van der Waals surface area contributed by atoms with E-state index in [-0.39, 0.29) is 18.3 Å². The van der Waals surface area contributed by atoms with Gasteiger partial charge in [0.1, 0.15) is 6.04 Å². The van der Waals surface area contributed by atoms with Crippen LogP contribution in [-0.2, 0) is 19.1 Å². The van der Waals surface area contributed by atoms with Gasteiger partial charge in [-0.2, -0.15) is 0 Å². The Morgan fingerprint density at radius 3 is 2.39 bits per heavy atom. The van der Waals surface area contributed by atoms with Crippen LogP contribution < -0.4 is 4.90 Å². The van der Waals surface area contributed by atoms with Crippen molar-refractivity contribution in [2.45, 2.75) is 19.0 Å². The van der Waals surface area contributed by atoms with E-state index in [9.17, 15) is 19.2 Å². The Morgan fingerprint density at radius 1 is 0.921 bits per heavy atom. The molecule has 2 amide bonds. The van der Waals surface area contributed by atoms with Gasteiger partial charge in [0.25, 0.3) is 0 Å². The second-order valence-corrected chi connectivity index (χ2v) is 10.4. The normalized spacial score (nSPS) is 23.9. The third-order valence-electron chi connectivity index (χ3n) is 7.46. The molecule has 38 heavy (non-hydrogen) atoms. The predicted molar refractivity (Wildman–Crippen MR) is 145 cm³/mol. The smallest absolute Gasteiger partial charge is 0.337 e. The summed E-state index contributed by atoms with van der Waals surface area (Å²) in [5, 5.41) is 1.67. The van der Waals surface area contributed by atoms with Gasteiger partial charge in [0.05, 0.1) is 35.7 Å². The number of hydrogen-bond acceptors (Lipinski definition) is 6. The SMILES string of the molecule is CCOC(=O)C1=C[C@@H]2[C@@H]3C(=O)N(c4cccc5ccccc45)C(=O)[C@@H]3[C@@H](C(=O)c3ccc(Br)cc3)N2C=C1. The fraction of sp³-hybridized carbons (Fsp3) is 0.200. The minimum Gasteiger partial charge on any atom is -0.462 e. The fourth-order valence-corrected chi connectivity index (χ4v) is 6.09. The number of carbonyl (C=O) groups excluding carboxylic acids is 4. The first-order valence-corrected chi connectivity index (χ1v) is 13.2. The van der Waals surface area contributed by atoms with Gasteiger partial charge in [-0.1, -0.05) is 64.5 Å². The Hall–Kier alpha value is -4.04. The number of fused-ring (bicyclic) bond motifs is 4. The molecule has 3 aliphatic rings. The van der Waals surface area contributed by atoms with E-state index >= 15 is 0 Å². The van der Waals surface area contributed by atoms with Crippen molar-refractivity contribution in [2.75, 3.05) is 11.5 Å². The number of hydrogen-bond donors (Lipinski definition) is 0. The molecule has 0 bridgehead atoms. The standard InChI is InChI=1S/C30H23BrN2O5/c1-2-38-30(37)19-14-15-32-23(16-19)24-25(26(32)27(34)18-10-12-20(31)13-11-18)29(36)33(28(24)35)22-9-5-7-17-6-3-4-8-21(17)22/h3-16,23-26H,2H2,1H3/t23-,24+,25+,26+/m1/s1. The second-order valence-electron chi connectivity index (χ2n) is 9.47. The van der Waals surface area contributed by atoms with E-state index in [1.165, 1.54) is 4.90 Å². The maximum atomic E-state index is 14.1. The first-order chi connectivity index (χ1) is 18.4. The number of carbonyl (C=O) groups is 4. The first kappa shape index (κ1) is 24.3. The highest BCUT2D eigenvalue weighted by Gasteiger charge is 2.63. The van der Waals surface area contributed by atoms with Gasteiger partial charge in [-0.3, -0.25) is 14.4 Å². The van der Waals surface area contributed by atoms with Crippen molar-refractivity contribution >= 4 is 56.0 Å². The number of imide groups is 1. The van der Waals surface area contributed by atoms with Crippen LogP contribution in [0.25, 0.3) is 10.8 Å². The summed E-state index contributed by atoms with van der Waals surface area (Å²) >= 11 is 3.39. The average molecular weight is 571 g/mol. The summed E-state index contributed by atoms with van der Waals surface area (Å²) in [4.78, 5) is 57.5. The minimum atomic E-state index is -0.912. The molecule has 4 atom stereocenters. The summed E-state index contributed by atoms with van der Waals surface area (Å²) < 4.78 is 6.00. The molecule has 0 aromatic heterocycles. The van der Waals surface area contributed by atoms with Gasteiger partial charge in [0, 0.05) is 21.6 Å². The highest BCUT2D eigenvalue weighted by molar-refractivity contribution is 9.10. The maximum absolute atomic E-state index is 14.1. The molecule has 3 aromatic rings. The molecule has 0 radical (unpaired) electrons. The average Bonchev–Trinajstić information content (AvgIpc) is 3.40. The number of nitrogens with zero attached hydrogens (tertiary/aromatic N) is 2. The van der Waals surface area contributed by atoms with Crippen LogP contribution in [0.3, 0.4) is 0 Å². The molecule has 8 heteroatoms. The van der Waals surface area contributed by atoms with Crippen molar-refractivity contribution in [3.05, 3.63) is 101 Å². The zero-order valence-corrected chi connectivity index (χ0v) is 22.0. The lowest BCUT2D eigenvalue weighted by Gasteiger charge is -2.32. The number of benzene rings is 3. The number of esters is 1. The first-order valence-electron chi connectivity index (χ1n) is 12.4. The quantitative estimate of drug-likeness (QED) is 0.252. The lowest BCUT2D eigenvalue weighted by Crippen LogP contribution is -2.46. The van der Waals surface area contributed by atoms with Crippen LogP contribution in [0.2, 0.25) is 0 Å².